The number of hydrogen-bond acceptors (Lipinski definition) is 5. The summed E-state index contributed by atoms with van der Waals surface area (Å²) >= 11 is 0. The lowest BCUT2D eigenvalue weighted by Crippen LogP contribution is -2.40. The first kappa shape index (κ1) is 17.4. The lowest BCUT2D eigenvalue weighted by Gasteiger charge is -2.27. The highest BCUT2D eigenvalue weighted by atomic mass is 16.7. The minimum Gasteiger partial charge on any atom is -0.481 e. The molecule has 110 valence electrons. The van der Waals surface area contributed by atoms with Gasteiger partial charge in [0.2, 0.25) is 0 Å². The van der Waals surface area contributed by atoms with Gasteiger partial charge < -0.3 is 19.7 Å². The molecule has 0 aliphatic rings. The third-order valence-corrected chi connectivity index (χ3v) is 2.83. The fourth-order valence-electron chi connectivity index (χ4n) is 1.80. The van der Waals surface area contributed by atoms with Crippen LogP contribution in [0.1, 0.15) is 33.6 Å². The second kappa shape index (κ2) is 8.47. The number of carboxylic acid groups (broad SMARTS) is 2. The standard InChI is InChI=1S/C12H20O7/c1-4-8(11(14)15)10(9(5-2)12(16)17)19-6-18-7(3)13/h8-10H,4-6H2,1-3H3,(H,14,15)(H,16,17). The van der Waals surface area contributed by atoms with Gasteiger partial charge in [-0.3, -0.25) is 14.4 Å². The lowest BCUT2D eigenvalue weighted by molar-refractivity contribution is -0.176. The van der Waals surface area contributed by atoms with Crippen LogP contribution < -0.4 is 0 Å². The van der Waals surface area contributed by atoms with Crippen LogP contribution in [0.4, 0.5) is 0 Å². The number of carbonyl (C=O) groups is 3. The Morgan fingerprint density at radius 3 is 1.68 bits per heavy atom. The molecule has 0 aliphatic carbocycles. The molecule has 0 bridgehead atoms. The van der Waals surface area contributed by atoms with Crippen molar-refractivity contribution in [1.82, 2.24) is 0 Å². The summed E-state index contributed by atoms with van der Waals surface area (Å²) in [6.07, 6.45) is -0.586. The highest BCUT2D eigenvalue weighted by molar-refractivity contribution is 5.75. The fourth-order valence-corrected chi connectivity index (χ4v) is 1.80. The van der Waals surface area contributed by atoms with Crippen LogP contribution in [0, 0.1) is 11.8 Å². The third-order valence-electron chi connectivity index (χ3n) is 2.83. The Kier molecular flexibility index (Phi) is 7.74. The number of carbonyl (C=O) groups excluding carboxylic acids is 1. The Labute approximate surface area is 111 Å². The number of hydrogen-bond donors (Lipinski definition) is 2. The summed E-state index contributed by atoms with van der Waals surface area (Å²) in [6.45, 7) is 4.00. The van der Waals surface area contributed by atoms with Crippen LogP contribution in [0.15, 0.2) is 0 Å². The van der Waals surface area contributed by atoms with Crippen molar-refractivity contribution in [3.8, 4) is 0 Å². The first-order chi connectivity index (χ1) is 8.84. The van der Waals surface area contributed by atoms with Gasteiger partial charge in [-0.15, -0.1) is 0 Å². The zero-order valence-corrected chi connectivity index (χ0v) is 11.3. The van der Waals surface area contributed by atoms with Gasteiger partial charge in [-0.05, 0) is 12.8 Å². The normalized spacial score (nSPS) is 15.3. The molecule has 7 nitrogen and oxygen atoms in total. The Balaban J connectivity index is 4.94. The Morgan fingerprint density at radius 2 is 1.42 bits per heavy atom. The molecule has 0 saturated carbocycles. The van der Waals surface area contributed by atoms with E-state index in [4.69, 9.17) is 14.9 Å². The molecule has 2 N–H and O–H groups in total. The predicted octanol–water partition coefficient (Wildman–Crippen LogP) is 1.11. The van der Waals surface area contributed by atoms with Gasteiger partial charge in [0.15, 0.2) is 6.79 Å². The van der Waals surface area contributed by atoms with E-state index in [9.17, 15) is 14.4 Å². The van der Waals surface area contributed by atoms with Gasteiger partial charge in [0.1, 0.15) is 0 Å². The largest absolute Gasteiger partial charge is 0.481 e. The highest BCUT2D eigenvalue weighted by Gasteiger charge is 2.37. The van der Waals surface area contributed by atoms with Crippen molar-refractivity contribution < 1.29 is 34.1 Å². The molecular formula is C12H20O7. The molecule has 0 fully saturated rings. The molecule has 19 heavy (non-hydrogen) atoms. The van der Waals surface area contributed by atoms with E-state index in [1.165, 1.54) is 6.92 Å². The van der Waals surface area contributed by atoms with Crippen molar-refractivity contribution in [2.75, 3.05) is 6.79 Å². The van der Waals surface area contributed by atoms with E-state index >= 15 is 0 Å². The number of carboxylic acids is 2. The van der Waals surface area contributed by atoms with Crippen molar-refractivity contribution >= 4 is 17.9 Å². The average Bonchev–Trinajstić information content (AvgIpc) is 2.28. The smallest absolute Gasteiger partial charge is 0.309 e. The van der Waals surface area contributed by atoms with E-state index in [2.05, 4.69) is 4.74 Å². The number of esters is 1. The molecule has 0 saturated heterocycles. The van der Waals surface area contributed by atoms with E-state index in [1.807, 2.05) is 0 Å². The molecule has 0 aromatic rings. The zero-order chi connectivity index (χ0) is 15.0. The summed E-state index contributed by atoms with van der Waals surface area (Å²) in [4.78, 5) is 32.9. The summed E-state index contributed by atoms with van der Waals surface area (Å²) in [5.74, 6) is -4.76. The van der Waals surface area contributed by atoms with E-state index in [1.54, 1.807) is 13.8 Å². The molecule has 0 rings (SSSR count). The minimum atomic E-state index is -1.13. The van der Waals surface area contributed by atoms with Crippen molar-refractivity contribution in [3.05, 3.63) is 0 Å². The lowest BCUT2D eigenvalue weighted by atomic mass is 9.87. The van der Waals surface area contributed by atoms with E-state index in [0.29, 0.717) is 0 Å². The van der Waals surface area contributed by atoms with Gasteiger partial charge in [-0.25, -0.2) is 0 Å². The minimum absolute atomic E-state index is 0.226. The molecule has 0 radical (unpaired) electrons. The van der Waals surface area contributed by atoms with Crippen LogP contribution in [-0.2, 0) is 23.9 Å². The van der Waals surface area contributed by atoms with Gasteiger partial charge in [0.25, 0.3) is 0 Å². The maximum atomic E-state index is 11.1. The molecule has 7 heteroatoms. The van der Waals surface area contributed by atoms with E-state index < -0.39 is 42.6 Å². The van der Waals surface area contributed by atoms with Crippen molar-refractivity contribution in [1.29, 1.82) is 0 Å². The zero-order valence-electron chi connectivity index (χ0n) is 11.3. The van der Waals surface area contributed by atoms with Crippen LogP contribution in [0.2, 0.25) is 0 Å². The summed E-state index contributed by atoms with van der Waals surface area (Å²) in [5, 5.41) is 18.2. The number of rotatable bonds is 9. The number of ether oxygens (including phenoxy) is 2. The van der Waals surface area contributed by atoms with Gasteiger partial charge in [0.05, 0.1) is 17.9 Å². The highest BCUT2D eigenvalue weighted by Crippen LogP contribution is 2.23. The quantitative estimate of drug-likeness (QED) is 0.479. The molecule has 0 heterocycles. The molecule has 2 unspecified atom stereocenters. The van der Waals surface area contributed by atoms with Gasteiger partial charge >= 0.3 is 17.9 Å². The van der Waals surface area contributed by atoms with Crippen molar-refractivity contribution in [2.24, 2.45) is 11.8 Å². The Morgan fingerprint density at radius 1 is 1.00 bits per heavy atom. The second-order valence-electron chi connectivity index (χ2n) is 4.09. The van der Waals surface area contributed by atoms with Crippen molar-refractivity contribution in [2.45, 2.75) is 39.7 Å². The number of aliphatic carboxylic acids is 2. The molecular weight excluding hydrogens is 256 g/mol. The summed E-state index contributed by atoms with van der Waals surface area (Å²) in [5.41, 5.74) is 0. The third kappa shape index (κ3) is 5.69. The van der Waals surface area contributed by atoms with E-state index in [-0.39, 0.29) is 12.8 Å². The maximum Gasteiger partial charge on any atom is 0.309 e. The molecule has 0 aromatic carbocycles. The van der Waals surface area contributed by atoms with Crippen LogP contribution in [0.25, 0.3) is 0 Å². The van der Waals surface area contributed by atoms with Gasteiger partial charge in [-0.1, -0.05) is 13.8 Å². The molecule has 0 aromatic heterocycles. The predicted molar refractivity (Wildman–Crippen MR) is 64.3 cm³/mol. The Hall–Kier alpha value is -1.63. The van der Waals surface area contributed by atoms with Crippen LogP contribution in [0.3, 0.4) is 0 Å². The summed E-state index contributed by atoms with van der Waals surface area (Å²) in [6, 6.07) is 0. The van der Waals surface area contributed by atoms with Crippen LogP contribution >= 0.6 is 0 Å². The average molecular weight is 276 g/mol. The van der Waals surface area contributed by atoms with Crippen molar-refractivity contribution in [3.63, 3.8) is 0 Å². The topological polar surface area (TPSA) is 110 Å². The first-order valence-electron chi connectivity index (χ1n) is 6.05. The van der Waals surface area contributed by atoms with Crippen LogP contribution in [-0.4, -0.2) is 41.0 Å². The molecule has 0 spiro atoms. The molecule has 2 atom stereocenters. The fraction of sp³-hybridized carbons (Fsp3) is 0.750. The molecule has 0 amide bonds. The summed E-state index contributed by atoms with van der Waals surface area (Å²) < 4.78 is 9.75. The monoisotopic (exact) mass is 276 g/mol. The SMILES string of the molecule is CCC(C(=O)O)C(OCOC(C)=O)C(CC)C(=O)O. The summed E-state index contributed by atoms with van der Waals surface area (Å²) in [7, 11) is 0. The van der Waals surface area contributed by atoms with Crippen LogP contribution in [0.5, 0.6) is 0 Å². The second-order valence-corrected chi connectivity index (χ2v) is 4.09. The van der Waals surface area contributed by atoms with E-state index in [0.717, 1.165) is 0 Å². The Bertz CT molecular complexity index is 304. The maximum absolute atomic E-state index is 11.1. The molecule has 0 aliphatic heterocycles. The first-order valence-corrected chi connectivity index (χ1v) is 6.05. The van der Waals surface area contributed by atoms with Gasteiger partial charge in [0, 0.05) is 6.92 Å². The van der Waals surface area contributed by atoms with Gasteiger partial charge in [-0.2, -0.15) is 0 Å².